The molecule has 0 heterocycles. The summed E-state index contributed by atoms with van der Waals surface area (Å²) in [7, 11) is 0. The molecule has 0 aliphatic carbocycles. The summed E-state index contributed by atoms with van der Waals surface area (Å²) in [6, 6.07) is 12.9. The first-order chi connectivity index (χ1) is 15.1. The van der Waals surface area contributed by atoms with E-state index < -0.39 is 11.9 Å². The van der Waals surface area contributed by atoms with E-state index in [0.717, 1.165) is 50.4 Å². The molecule has 5 nitrogen and oxygen atoms in total. The zero-order valence-corrected chi connectivity index (χ0v) is 19.8. The van der Waals surface area contributed by atoms with Crippen LogP contribution in [0.25, 0.3) is 0 Å². The van der Waals surface area contributed by atoms with E-state index >= 15 is 0 Å². The summed E-state index contributed by atoms with van der Waals surface area (Å²) in [6.45, 7) is 13.5. The number of urea groups is 1. The second kappa shape index (κ2) is 9.27. The van der Waals surface area contributed by atoms with E-state index in [1.807, 2.05) is 90.9 Å². The van der Waals surface area contributed by atoms with Gasteiger partial charge in [-0.25, -0.2) is 4.79 Å². The van der Waals surface area contributed by atoms with Crippen LogP contribution in [0.15, 0.2) is 42.5 Å². The van der Waals surface area contributed by atoms with Crippen molar-refractivity contribution in [1.82, 2.24) is 5.32 Å². The lowest BCUT2D eigenvalue weighted by Crippen LogP contribution is -2.35. The second-order valence-corrected chi connectivity index (χ2v) is 8.25. The molecule has 0 radical (unpaired) electrons. The van der Waals surface area contributed by atoms with Gasteiger partial charge in [-0.05, 0) is 93.5 Å². The van der Waals surface area contributed by atoms with Crippen LogP contribution in [0.5, 0.6) is 11.5 Å². The highest BCUT2D eigenvalue weighted by Crippen LogP contribution is 2.38. The van der Waals surface area contributed by atoms with Crippen molar-refractivity contribution < 1.29 is 14.3 Å². The fraction of sp³-hybridized carbons (Fsp3) is 0.259. The molecule has 0 aliphatic rings. The molecule has 3 rings (SSSR count). The normalized spacial score (nSPS) is 10.6. The Morgan fingerprint density at radius 1 is 0.688 bits per heavy atom. The third-order valence-electron chi connectivity index (χ3n) is 6.04. The van der Waals surface area contributed by atoms with Crippen LogP contribution in [-0.2, 0) is 0 Å². The molecule has 0 aromatic heterocycles. The van der Waals surface area contributed by atoms with Gasteiger partial charge in [0.2, 0.25) is 0 Å². The lowest BCUT2D eigenvalue weighted by molar-refractivity contribution is 0.0966. The molecule has 2 N–H and O–H groups in total. The Hall–Kier alpha value is -3.60. The second-order valence-electron chi connectivity index (χ2n) is 8.25. The van der Waals surface area contributed by atoms with Crippen molar-refractivity contribution in [2.24, 2.45) is 0 Å². The van der Waals surface area contributed by atoms with Crippen LogP contribution in [0.2, 0.25) is 0 Å². The topological polar surface area (TPSA) is 67.4 Å². The summed E-state index contributed by atoms with van der Waals surface area (Å²) >= 11 is 0. The number of hydrogen-bond acceptors (Lipinski definition) is 3. The Balaban J connectivity index is 1.86. The molecule has 0 aliphatic heterocycles. The number of ether oxygens (including phenoxy) is 1. The minimum absolute atomic E-state index is 0.415. The largest absolute Gasteiger partial charge is 0.457 e. The van der Waals surface area contributed by atoms with Gasteiger partial charge in [-0.1, -0.05) is 36.4 Å². The number of hydrogen-bond donors (Lipinski definition) is 2. The zero-order valence-electron chi connectivity index (χ0n) is 19.8. The van der Waals surface area contributed by atoms with Gasteiger partial charge in [0, 0.05) is 11.3 Å². The molecule has 0 fully saturated rings. The molecule has 0 atom stereocenters. The summed E-state index contributed by atoms with van der Waals surface area (Å²) < 4.78 is 6.26. The van der Waals surface area contributed by atoms with Crippen LogP contribution >= 0.6 is 0 Å². The molecule has 3 aromatic carbocycles. The van der Waals surface area contributed by atoms with Gasteiger partial charge in [-0.2, -0.15) is 0 Å². The number of carbonyl (C=O) groups excluding carboxylic acids is 2. The van der Waals surface area contributed by atoms with E-state index in [9.17, 15) is 9.59 Å². The van der Waals surface area contributed by atoms with E-state index in [4.69, 9.17) is 4.74 Å². The van der Waals surface area contributed by atoms with Crippen LogP contribution in [0.3, 0.4) is 0 Å². The first kappa shape index (κ1) is 23.1. The van der Waals surface area contributed by atoms with E-state index in [0.29, 0.717) is 11.3 Å². The van der Waals surface area contributed by atoms with Crippen molar-refractivity contribution >= 4 is 17.6 Å². The first-order valence-corrected chi connectivity index (χ1v) is 10.6. The number of aryl methyl sites for hydroxylation is 3. The summed E-state index contributed by atoms with van der Waals surface area (Å²) in [5.74, 6) is 1.17. The van der Waals surface area contributed by atoms with E-state index in [1.165, 1.54) is 0 Å². The minimum atomic E-state index is -0.560. The molecule has 0 bridgehead atoms. The molecule has 5 heteroatoms. The highest BCUT2D eigenvalue weighted by molar-refractivity contribution is 6.09. The molecule has 32 heavy (non-hydrogen) atoms. The van der Waals surface area contributed by atoms with E-state index in [2.05, 4.69) is 10.6 Å². The van der Waals surface area contributed by atoms with Crippen molar-refractivity contribution in [3.8, 4) is 11.5 Å². The molecule has 0 saturated carbocycles. The number of anilines is 1. The summed E-state index contributed by atoms with van der Waals surface area (Å²) in [6.07, 6.45) is 0. The number of nitrogens with one attached hydrogen (secondary N) is 2. The number of benzene rings is 3. The predicted molar refractivity (Wildman–Crippen MR) is 129 cm³/mol. The highest BCUT2D eigenvalue weighted by atomic mass is 16.5. The molecule has 3 aromatic rings. The Bertz CT molecular complexity index is 1160. The lowest BCUT2D eigenvalue weighted by atomic mass is 9.97. The summed E-state index contributed by atoms with van der Waals surface area (Å²) in [5, 5.41) is 5.34. The minimum Gasteiger partial charge on any atom is -0.457 e. The van der Waals surface area contributed by atoms with Gasteiger partial charge >= 0.3 is 6.03 Å². The summed E-state index contributed by atoms with van der Waals surface area (Å²) in [4.78, 5) is 25.4. The molecule has 166 valence electrons. The maximum Gasteiger partial charge on any atom is 0.326 e. The molecular formula is C27H30N2O3. The smallest absolute Gasteiger partial charge is 0.326 e. The molecule has 0 saturated heterocycles. The van der Waals surface area contributed by atoms with Crippen molar-refractivity contribution in [1.29, 1.82) is 0 Å². The average Bonchev–Trinajstić information content (AvgIpc) is 2.74. The van der Waals surface area contributed by atoms with Crippen LogP contribution in [-0.4, -0.2) is 11.9 Å². The average molecular weight is 431 g/mol. The van der Waals surface area contributed by atoms with Gasteiger partial charge in [0.15, 0.2) is 0 Å². The number of rotatable bonds is 4. The number of imide groups is 1. The Labute approximate surface area is 189 Å². The monoisotopic (exact) mass is 430 g/mol. The molecule has 0 spiro atoms. The fourth-order valence-electron chi connectivity index (χ4n) is 3.88. The lowest BCUT2D eigenvalue weighted by Gasteiger charge is -2.21. The van der Waals surface area contributed by atoms with Crippen molar-refractivity contribution in [2.75, 3.05) is 5.32 Å². The summed E-state index contributed by atoms with van der Waals surface area (Å²) in [5.41, 5.74) is 7.57. The third kappa shape index (κ3) is 4.52. The maximum absolute atomic E-state index is 12.7. The Morgan fingerprint density at radius 3 is 1.78 bits per heavy atom. The number of amides is 3. The Kier molecular flexibility index (Phi) is 6.68. The number of para-hydroxylation sites is 1. The molecular weight excluding hydrogens is 400 g/mol. The van der Waals surface area contributed by atoms with Crippen LogP contribution in [0.1, 0.15) is 49.3 Å². The van der Waals surface area contributed by atoms with Gasteiger partial charge in [0.1, 0.15) is 11.5 Å². The van der Waals surface area contributed by atoms with E-state index in [-0.39, 0.29) is 0 Å². The van der Waals surface area contributed by atoms with Gasteiger partial charge in [-0.15, -0.1) is 0 Å². The van der Waals surface area contributed by atoms with E-state index in [1.54, 1.807) is 0 Å². The Morgan fingerprint density at radius 2 is 1.22 bits per heavy atom. The predicted octanol–water partition coefficient (Wildman–Crippen LogP) is 6.60. The van der Waals surface area contributed by atoms with Crippen LogP contribution in [0.4, 0.5) is 10.5 Å². The fourth-order valence-corrected chi connectivity index (χ4v) is 3.88. The van der Waals surface area contributed by atoms with Crippen molar-refractivity contribution in [3.63, 3.8) is 0 Å². The quantitative estimate of drug-likeness (QED) is 0.490. The molecule has 0 unspecified atom stereocenters. The standard InChI is InChI=1S/C27H30N2O3/c1-15-11-8-9-14-22(15)32-25-20(6)18(4)24(19(5)21(25)7)28-27(31)29-26(30)23-16(2)12-10-13-17(23)3/h8-14H,1-7H3,(H2,28,29,30,31). The van der Waals surface area contributed by atoms with Crippen LogP contribution < -0.4 is 15.4 Å². The molecule has 3 amide bonds. The van der Waals surface area contributed by atoms with Gasteiger partial charge in [0.05, 0.1) is 0 Å². The van der Waals surface area contributed by atoms with Crippen LogP contribution in [0, 0.1) is 48.5 Å². The highest BCUT2D eigenvalue weighted by Gasteiger charge is 2.20. The maximum atomic E-state index is 12.7. The van der Waals surface area contributed by atoms with Crippen molar-refractivity contribution in [3.05, 3.63) is 87.0 Å². The van der Waals surface area contributed by atoms with Crippen molar-refractivity contribution in [2.45, 2.75) is 48.5 Å². The number of carbonyl (C=O) groups is 2. The SMILES string of the molecule is Cc1ccccc1Oc1c(C)c(C)c(NC(=O)NC(=O)c2c(C)cccc2C)c(C)c1C. The van der Waals surface area contributed by atoms with Gasteiger partial charge in [0.25, 0.3) is 5.91 Å². The van der Waals surface area contributed by atoms with Gasteiger partial charge < -0.3 is 10.1 Å². The van der Waals surface area contributed by atoms with Gasteiger partial charge in [-0.3, -0.25) is 10.1 Å². The third-order valence-corrected chi connectivity index (χ3v) is 6.04. The first-order valence-electron chi connectivity index (χ1n) is 10.6. The zero-order chi connectivity index (χ0) is 23.6.